The van der Waals surface area contributed by atoms with Gasteiger partial charge < -0.3 is 15.0 Å². The Kier molecular flexibility index (Phi) is 3.63. The van der Waals surface area contributed by atoms with Crippen LogP contribution in [0, 0.1) is 17.1 Å². The van der Waals surface area contributed by atoms with Gasteiger partial charge in [-0.25, -0.2) is 9.18 Å². The molecule has 0 saturated carbocycles. The number of aromatic nitrogens is 1. The van der Waals surface area contributed by atoms with E-state index in [0.29, 0.717) is 5.69 Å². The Balaban J connectivity index is 2.70. The second-order valence-corrected chi connectivity index (χ2v) is 4.28. The number of hydrogen-bond donors (Lipinski definition) is 1. The number of nitrogens with two attached hydrogens (primary N) is 1. The number of ether oxygens (including phenoxy) is 1. The van der Waals surface area contributed by atoms with E-state index >= 15 is 0 Å². The van der Waals surface area contributed by atoms with Gasteiger partial charge in [-0.1, -0.05) is 11.6 Å². The van der Waals surface area contributed by atoms with E-state index in [1.54, 1.807) is 0 Å². The zero-order valence-corrected chi connectivity index (χ0v) is 11.1. The number of anilines is 1. The molecule has 0 fully saturated rings. The summed E-state index contributed by atoms with van der Waals surface area (Å²) in [5.41, 5.74) is 6.08. The Morgan fingerprint density at radius 3 is 2.80 bits per heavy atom. The second-order valence-electron chi connectivity index (χ2n) is 3.88. The number of nitrogen functional groups attached to an aromatic ring is 1. The molecule has 0 spiro atoms. The van der Waals surface area contributed by atoms with E-state index in [-0.39, 0.29) is 22.0 Å². The average molecular weight is 294 g/mol. The lowest BCUT2D eigenvalue weighted by atomic mass is 10.2. The summed E-state index contributed by atoms with van der Waals surface area (Å²) in [6.07, 6.45) is 1.34. The summed E-state index contributed by atoms with van der Waals surface area (Å²) >= 11 is 5.61. The first-order valence-corrected chi connectivity index (χ1v) is 5.82. The maximum absolute atomic E-state index is 13.5. The van der Waals surface area contributed by atoms with Gasteiger partial charge in [-0.2, -0.15) is 5.26 Å². The average Bonchev–Trinajstić information content (AvgIpc) is 2.78. The van der Waals surface area contributed by atoms with Crippen LogP contribution in [0.5, 0.6) is 0 Å². The van der Waals surface area contributed by atoms with Crippen LogP contribution in [-0.4, -0.2) is 17.6 Å². The molecule has 0 unspecified atom stereocenters. The number of carbonyl (C=O) groups is 1. The molecule has 0 aliphatic carbocycles. The predicted octanol–water partition coefficient (Wildman–Crippen LogP) is 2.51. The Bertz CT molecular complexity index is 734. The van der Waals surface area contributed by atoms with E-state index in [2.05, 4.69) is 4.74 Å². The summed E-state index contributed by atoms with van der Waals surface area (Å²) < 4.78 is 19.4. The second kappa shape index (κ2) is 5.23. The topological polar surface area (TPSA) is 81.0 Å². The van der Waals surface area contributed by atoms with Gasteiger partial charge in [-0.3, -0.25) is 0 Å². The Hall–Kier alpha value is -2.52. The molecule has 0 aliphatic rings. The number of halogens is 2. The van der Waals surface area contributed by atoms with Crippen molar-refractivity contribution < 1.29 is 13.9 Å². The third-order valence-electron chi connectivity index (χ3n) is 2.72. The van der Waals surface area contributed by atoms with Crippen LogP contribution < -0.4 is 5.73 Å². The Morgan fingerprint density at radius 2 is 2.25 bits per heavy atom. The fraction of sp³-hybridized carbons (Fsp3) is 0.0769. The minimum absolute atomic E-state index is 0.0188. The van der Waals surface area contributed by atoms with Crippen molar-refractivity contribution in [1.29, 1.82) is 5.26 Å². The number of nitrogens with zero attached hydrogens (tertiary/aromatic N) is 2. The van der Waals surface area contributed by atoms with E-state index in [4.69, 9.17) is 22.6 Å². The number of rotatable bonds is 2. The standard InChI is InChI=1S/C13H9ClFN3O2/c1-20-13(19)12-11(17)7(5-16)6-18(12)8-2-3-9(14)10(15)4-8/h2-4,6H,17H2,1H3. The summed E-state index contributed by atoms with van der Waals surface area (Å²) in [5, 5.41) is 8.92. The van der Waals surface area contributed by atoms with Crippen molar-refractivity contribution in [2.75, 3.05) is 12.8 Å². The van der Waals surface area contributed by atoms with Crippen LogP contribution in [-0.2, 0) is 4.74 Å². The first kappa shape index (κ1) is 13.9. The molecule has 0 bridgehead atoms. The molecular formula is C13H9ClFN3O2. The molecule has 2 N–H and O–H groups in total. The zero-order valence-electron chi connectivity index (χ0n) is 10.4. The number of nitriles is 1. The minimum atomic E-state index is -0.723. The van der Waals surface area contributed by atoms with Gasteiger partial charge in [0.25, 0.3) is 0 Å². The van der Waals surface area contributed by atoms with Crippen LogP contribution in [0.15, 0.2) is 24.4 Å². The fourth-order valence-corrected chi connectivity index (χ4v) is 1.87. The first-order chi connectivity index (χ1) is 9.49. The minimum Gasteiger partial charge on any atom is -0.464 e. The SMILES string of the molecule is COC(=O)c1c(N)c(C#N)cn1-c1ccc(Cl)c(F)c1. The van der Waals surface area contributed by atoms with Crippen LogP contribution in [0.4, 0.5) is 10.1 Å². The van der Waals surface area contributed by atoms with Gasteiger partial charge in [-0.05, 0) is 18.2 Å². The van der Waals surface area contributed by atoms with Crippen molar-refractivity contribution in [3.05, 3.63) is 46.5 Å². The van der Waals surface area contributed by atoms with E-state index in [0.717, 1.165) is 6.07 Å². The molecule has 0 saturated heterocycles. The third kappa shape index (κ3) is 2.19. The molecule has 0 amide bonds. The van der Waals surface area contributed by atoms with Crippen molar-refractivity contribution in [1.82, 2.24) is 4.57 Å². The smallest absolute Gasteiger partial charge is 0.357 e. The van der Waals surface area contributed by atoms with E-state index in [9.17, 15) is 9.18 Å². The van der Waals surface area contributed by atoms with E-state index in [1.807, 2.05) is 6.07 Å². The highest BCUT2D eigenvalue weighted by molar-refractivity contribution is 6.30. The van der Waals surface area contributed by atoms with E-state index in [1.165, 1.54) is 30.0 Å². The summed E-state index contributed by atoms with van der Waals surface area (Å²) in [7, 11) is 1.19. The molecular weight excluding hydrogens is 285 g/mol. The lowest BCUT2D eigenvalue weighted by molar-refractivity contribution is 0.0593. The van der Waals surface area contributed by atoms with Crippen LogP contribution in [0.2, 0.25) is 5.02 Å². The number of hydrogen-bond acceptors (Lipinski definition) is 4. The van der Waals surface area contributed by atoms with Gasteiger partial charge in [0.05, 0.1) is 23.4 Å². The molecule has 2 rings (SSSR count). The molecule has 1 aromatic carbocycles. The Morgan fingerprint density at radius 1 is 1.55 bits per heavy atom. The molecule has 0 aliphatic heterocycles. The molecule has 102 valence electrons. The van der Waals surface area contributed by atoms with Crippen molar-refractivity contribution in [3.63, 3.8) is 0 Å². The van der Waals surface area contributed by atoms with Crippen molar-refractivity contribution in [2.24, 2.45) is 0 Å². The van der Waals surface area contributed by atoms with Gasteiger partial charge in [0.15, 0.2) is 5.69 Å². The lowest BCUT2D eigenvalue weighted by Crippen LogP contribution is -2.11. The molecule has 1 aromatic heterocycles. The van der Waals surface area contributed by atoms with Crippen LogP contribution >= 0.6 is 11.6 Å². The van der Waals surface area contributed by atoms with Crippen molar-refractivity contribution in [2.45, 2.75) is 0 Å². The number of methoxy groups -OCH3 is 1. The molecule has 2 aromatic rings. The quantitative estimate of drug-likeness (QED) is 0.863. The zero-order chi connectivity index (χ0) is 14.9. The van der Waals surface area contributed by atoms with Crippen LogP contribution in [0.3, 0.4) is 0 Å². The summed E-state index contributed by atoms with van der Waals surface area (Å²) in [6.45, 7) is 0. The number of esters is 1. The third-order valence-corrected chi connectivity index (χ3v) is 3.03. The van der Waals surface area contributed by atoms with Gasteiger partial charge >= 0.3 is 5.97 Å². The lowest BCUT2D eigenvalue weighted by Gasteiger charge is -2.08. The highest BCUT2D eigenvalue weighted by Crippen LogP contribution is 2.26. The molecule has 5 nitrogen and oxygen atoms in total. The van der Waals surface area contributed by atoms with Gasteiger partial charge in [0.1, 0.15) is 11.9 Å². The maximum atomic E-state index is 13.5. The number of carbonyl (C=O) groups excluding carboxylic acids is 1. The fourth-order valence-electron chi connectivity index (χ4n) is 1.75. The van der Waals surface area contributed by atoms with Gasteiger partial charge in [-0.15, -0.1) is 0 Å². The van der Waals surface area contributed by atoms with E-state index < -0.39 is 11.8 Å². The summed E-state index contributed by atoms with van der Waals surface area (Å²) in [4.78, 5) is 11.8. The maximum Gasteiger partial charge on any atom is 0.357 e. The molecule has 7 heteroatoms. The molecule has 1 heterocycles. The molecule has 0 atom stereocenters. The van der Waals surface area contributed by atoms with Crippen LogP contribution in [0.1, 0.15) is 16.1 Å². The summed E-state index contributed by atoms with van der Waals surface area (Å²) in [5.74, 6) is -1.37. The first-order valence-electron chi connectivity index (χ1n) is 5.44. The normalized spacial score (nSPS) is 10.1. The summed E-state index contributed by atoms with van der Waals surface area (Å²) in [6, 6.07) is 5.83. The van der Waals surface area contributed by atoms with Gasteiger partial charge in [0, 0.05) is 11.9 Å². The largest absolute Gasteiger partial charge is 0.464 e. The molecule has 20 heavy (non-hydrogen) atoms. The van der Waals surface area contributed by atoms with Crippen LogP contribution in [0.25, 0.3) is 5.69 Å². The number of benzene rings is 1. The van der Waals surface area contributed by atoms with Gasteiger partial charge in [0.2, 0.25) is 0 Å². The van der Waals surface area contributed by atoms with Crippen molar-refractivity contribution >= 4 is 23.3 Å². The highest BCUT2D eigenvalue weighted by atomic mass is 35.5. The monoisotopic (exact) mass is 293 g/mol. The highest BCUT2D eigenvalue weighted by Gasteiger charge is 2.22. The predicted molar refractivity (Wildman–Crippen MR) is 71.2 cm³/mol. The molecule has 0 radical (unpaired) electrons. The van der Waals surface area contributed by atoms with Crippen molar-refractivity contribution in [3.8, 4) is 11.8 Å². The Labute approximate surface area is 118 Å².